The highest BCUT2D eigenvalue weighted by Gasteiger charge is 2.17. The van der Waals surface area contributed by atoms with Crippen LogP contribution >= 0.6 is 11.3 Å². The molecule has 0 spiro atoms. The predicted molar refractivity (Wildman–Crippen MR) is 119 cm³/mol. The summed E-state index contributed by atoms with van der Waals surface area (Å²) in [7, 11) is 0. The van der Waals surface area contributed by atoms with Crippen molar-refractivity contribution in [3.63, 3.8) is 0 Å². The average Bonchev–Trinajstić information content (AvgIpc) is 3.32. The first-order chi connectivity index (χ1) is 14.8. The third-order valence-corrected chi connectivity index (χ3v) is 5.31. The summed E-state index contributed by atoms with van der Waals surface area (Å²) in [6.45, 7) is 1.47. The van der Waals surface area contributed by atoms with Gasteiger partial charge in [-0.05, 0) is 29.3 Å². The number of benzene rings is 3. The fourth-order valence-corrected chi connectivity index (χ4v) is 3.72. The van der Waals surface area contributed by atoms with Gasteiger partial charge in [0.2, 0.25) is 0 Å². The number of hydrogen-bond acceptors (Lipinski definition) is 4. The number of carbonyl (C=O) groups is 1. The lowest BCUT2D eigenvalue weighted by Crippen LogP contribution is -2.30. The van der Waals surface area contributed by atoms with Crippen LogP contribution < -0.4 is 4.74 Å². The molecule has 0 aliphatic carbocycles. The van der Waals surface area contributed by atoms with Gasteiger partial charge in [-0.3, -0.25) is 4.79 Å². The molecule has 0 N–H and O–H groups in total. The molecule has 150 valence electrons. The van der Waals surface area contributed by atoms with Crippen LogP contribution in [-0.4, -0.2) is 15.8 Å². The van der Waals surface area contributed by atoms with Crippen molar-refractivity contribution in [3.05, 3.63) is 118 Å². The number of hydrogen-bond donors (Lipinski definition) is 0. The highest BCUT2D eigenvalue weighted by atomic mass is 32.1. The minimum absolute atomic E-state index is 0.0261. The molecule has 1 heterocycles. The SMILES string of the molecule is O=C(c1cccc(OCc2cscn2)c1)N(Cc1ccccc1)Cc1ccccc1. The third kappa shape index (κ3) is 5.33. The predicted octanol–water partition coefficient (Wildman–Crippen LogP) is 5.56. The van der Waals surface area contributed by atoms with Crippen LogP contribution in [0.25, 0.3) is 0 Å². The number of amides is 1. The minimum Gasteiger partial charge on any atom is -0.487 e. The Kier molecular flexibility index (Phi) is 6.52. The number of aromatic nitrogens is 1. The van der Waals surface area contributed by atoms with Crippen molar-refractivity contribution in [1.29, 1.82) is 0 Å². The standard InChI is InChI=1S/C25H22N2O2S/c28-25(22-12-7-13-24(14-22)29-17-23-18-30-19-26-23)27(15-20-8-3-1-4-9-20)16-21-10-5-2-6-11-21/h1-14,18-19H,15-17H2. The minimum atomic E-state index is -0.0261. The van der Waals surface area contributed by atoms with Gasteiger partial charge in [0.1, 0.15) is 12.4 Å². The summed E-state index contributed by atoms with van der Waals surface area (Å²) in [5.41, 5.74) is 5.46. The number of nitrogens with zero attached hydrogens (tertiary/aromatic N) is 2. The first kappa shape index (κ1) is 19.9. The smallest absolute Gasteiger partial charge is 0.254 e. The number of thiazole rings is 1. The summed E-state index contributed by atoms with van der Waals surface area (Å²) >= 11 is 1.54. The van der Waals surface area contributed by atoms with E-state index in [1.54, 1.807) is 11.6 Å². The largest absolute Gasteiger partial charge is 0.487 e. The monoisotopic (exact) mass is 414 g/mol. The second kappa shape index (κ2) is 9.85. The molecule has 0 atom stereocenters. The van der Waals surface area contributed by atoms with Crippen LogP contribution in [0.15, 0.2) is 95.8 Å². The molecule has 0 aliphatic heterocycles. The molecular weight excluding hydrogens is 392 g/mol. The number of rotatable bonds is 8. The Labute approximate surface area is 180 Å². The highest BCUT2D eigenvalue weighted by molar-refractivity contribution is 7.07. The number of ether oxygens (including phenoxy) is 1. The lowest BCUT2D eigenvalue weighted by Gasteiger charge is -2.23. The van der Waals surface area contributed by atoms with Crippen LogP contribution in [0.1, 0.15) is 27.2 Å². The van der Waals surface area contributed by atoms with Gasteiger partial charge in [-0.25, -0.2) is 4.98 Å². The van der Waals surface area contributed by atoms with Crippen molar-refractivity contribution in [1.82, 2.24) is 9.88 Å². The summed E-state index contributed by atoms with van der Waals surface area (Å²) in [5.74, 6) is 0.634. The van der Waals surface area contributed by atoms with Gasteiger partial charge < -0.3 is 9.64 Å². The van der Waals surface area contributed by atoms with Crippen LogP contribution in [0.4, 0.5) is 0 Å². The van der Waals surface area contributed by atoms with Gasteiger partial charge in [0.15, 0.2) is 0 Å². The van der Waals surface area contributed by atoms with Crippen LogP contribution in [0.5, 0.6) is 5.75 Å². The van der Waals surface area contributed by atoms with E-state index in [2.05, 4.69) is 4.98 Å². The van der Waals surface area contributed by atoms with E-state index in [-0.39, 0.29) is 5.91 Å². The van der Waals surface area contributed by atoms with Gasteiger partial charge >= 0.3 is 0 Å². The van der Waals surface area contributed by atoms with E-state index in [1.807, 2.05) is 89.1 Å². The molecule has 4 rings (SSSR count). The van der Waals surface area contributed by atoms with Gasteiger partial charge in [0.25, 0.3) is 5.91 Å². The highest BCUT2D eigenvalue weighted by Crippen LogP contribution is 2.19. The summed E-state index contributed by atoms with van der Waals surface area (Å²) < 4.78 is 5.83. The molecule has 0 unspecified atom stereocenters. The molecule has 0 aliphatic rings. The maximum atomic E-state index is 13.4. The van der Waals surface area contributed by atoms with Crippen molar-refractivity contribution in [2.75, 3.05) is 0 Å². The molecule has 3 aromatic carbocycles. The second-order valence-electron chi connectivity index (χ2n) is 6.93. The van der Waals surface area contributed by atoms with Crippen molar-refractivity contribution >= 4 is 17.2 Å². The summed E-state index contributed by atoms with van der Waals surface area (Å²) in [6.07, 6.45) is 0. The Balaban J connectivity index is 1.53. The van der Waals surface area contributed by atoms with Crippen LogP contribution in [0.3, 0.4) is 0 Å². The van der Waals surface area contributed by atoms with Crippen molar-refractivity contribution in [2.45, 2.75) is 19.7 Å². The Morgan fingerprint density at radius 3 is 2.13 bits per heavy atom. The molecule has 1 amide bonds. The molecule has 4 aromatic rings. The van der Waals surface area contributed by atoms with Gasteiger partial charge in [-0.2, -0.15) is 0 Å². The van der Waals surface area contributed by atoms with Crippen molar-refractivity contribution in [3.8, 4) is 5.75 Å². The lowest BCUT2D eigenvalue weighted by atomic mass is 10.1. The molecule has 0 radical (unpaired) electrons. The van der Waals surface area contributed by atoms with E-state index < -0.39 is 0 Å². The Morgan fingerprint density at radius 2 is 1.53 bits per heavy atom. The molecule has 4 nitrogen and oxygen atoms in total. The zero-order valence-corrected chi connectivity index (χ0v) is 17.3. The first-order valence-electron chi connectivity index (χ1n) is 9.75. The second-order valence-corrected chi connectivity index (χ2v) is 7.65. The zero-order chi connectivity index (χ0) is 20.6. The van der Waals surface area contributed by atoms with E-state index in [0.717, 1.165) is 16.8 Å². The van der Waals surface area contributed by atoms with E-state index in [1.165, 1.54) is 11.3 Å². The van der Waals surface area contributed by atoms with Gasteiger partial charge in [0, 0.05) is 24.0 Å². The third-order valence-electron chi connectivity index (χ3n) is 4.67. The fourth-order valence-electron chi connectivity index (χ4n) is 3.17. The molecular formula is C25H22N2O2S. The first-order valence-corrected chi connectivity index (χ1v) is 10.7. The van der Waals surface area contributed by atoms with Gasteiger partial charge in [0.05, 0.1) is 11.2 Å². The average molecular weight is 415 g/mol. The normalized spacial score (nSPS) is 10.5. The molecule has 0 saturated carbocycles. The molecule has 0 fully saturated rings. The summed E-state index contributed by atoms with van der Waals surface area (Å²) in [5, 5.41) is 1.95. The van der Waals surface area contributed by atoms with E-state index >= 15 is 0 Å². The van der Waals surface area contributed by atoms with E-state index in [0.29, 0.717) is 31.0 Å². The molecule has 0 saturated heterocycles. The molecule has 0 bridgehead atoms. The maximum absolute atomic E-state index is 13.4. The Hall–Kier alpha value is -3.44. The van der Waals surface area contributed by atoms with Crippen LogP contribution in [0, 0.1) is 0 Å². The lowest BCUT2D eigenvalue weighted by molar-refractivity contribution is 0.0729. The summed E-state index contributed by atoms with van der Waals surface area (Å²) in [4.78, 5) is 19.5. The molecule has 5 heteroatoms. The molecule has 30 heavy (non-hydrogen) atoms. The van der Waals surface area contributed by atoms with Gasteiger partial charge in [-0.15, -0.1) is 11.3 Å². The summed E-state index contributed by atoms with van der Waals surface area (Å²) in [6, 6.07) is 27.5. The fraction of sp³-hybridized carbons (Fsp3) is 0.120. The van der Waals surface area contributed by atoms with Crippen LogP contribution in [0.2, 0.25) is 0 Å². The molecule has 1 aromatic heterocycles. The van der Waals surface area contributed by atoms with E-state index in [4.69, 9.17) is 4.74 Å². The van der Waals surface area contributed by atoms with Crippen molar-refractivity contribution < 1.29 is 9.53 Å². The van der Waals surface area contributed by atoms with Crippen LogP contribution in [-0.2, 0) is 19.7 Å². The topological polar surface area (TPSA) is 42.4 Å². The maximum Gasteiger partial charge on any atom is 0.254 e. The number of carbonyl (C=O) groups excluding carboxylic acids is 1. The van der Waals surface area contributed by atoms with E-state index in [9.17, 15) is 4.79 Å². The Morgan fingerprint density at radius 1 is 0.867 bits per heavy atom. The Bertz CT molecular complexity index is 1030. The zero-order valence-electron chi connectivity index (χ0n) is 16.5. The quantitative estimate of drug-likeness (QED) is 0.379. The van der Waals surface area contributed by atoms with Gasteiger partial charge in [-0.1, -0.05) is 66.7 Å². The van der Waals surface area contributed by atoms with Crippen molar-refractivity contribution in [2.24, 2.45) is 0 Å².